The average Bonchev–Trinajstić information content (AvgIpc) is 3.37. The number of aliphatic imine (C=N–C) groups is 1. The van der Waals surface area contributed by atoms with E-state index in [0.29, 0.717) is 31.1 Å². The maximum atomic E-state index is 12.6. The van der Waals surface area contributed by atoms with E-state index in [1.54, 1.807) is 16.4 Å². The molecule has 2 aliphatic heterocycles. The van der Waals surface area contributed by atoms with E-state index in [4.69, 9.17) is 4.74 Å². The molecule has 0 saturated carbocycles. The molecular weight excluding hydrogens is 503 g/mol. The zero-order valence-electron chi connectivity index (χ0n) is 17.3. The van der Waals surface area contributed by atoms with E-state index in [2.05, 4.69) is 22.5 Å². The minimum atomic E-state index is -3.36. The summed E-state index contributed by atoms with van der Waals surface area (Å²) in [6.45, 7) is 8.18. The van der Waals surface area contributed by atoms with Crippen LogP contribution in [-0.2, 0) is 21.3 Å². The summed E-state index contributed by atoms with van der Waals surface area (Å²) in [5.41, 5.74) is 0.836. The number of nitrogens with zero attached hydrogens (tertiary/aromatic N) is 2. The molecule has 1 atom stereocenters. The van der Waals surface area contributed by atoms with Crippen molar-refractivity contribution in [3.63, 3.8) is 0 Å². The van der Waals surface area contributed by atoms with Gasteiger partial charge in [0.05, 0.1) is 17.0 Å². The van der Waals surface area contributed by atoms with Crippen molar-refractivity contribution in [1.29, 1.82) is 0 Å². The van der Waals surface area contributed by atoms with Crippen molar-refractivity contribution in [2.75, 3.05) is 32.8 Å². The van der Waals surface area contributed by atoms with Crippen LogP contribution in [0.25, 0.3) is 0 Å². The zero-order valence-corrected chi connectivity index (χ0v) is 20.5. The number of hydrogen-bond donors (Lipinski definition) is 2. The van der Waals surface area contributed by atoms with Crippen LogP contribution in [0.1, 0.15) is 45.1 Å². The Morgan fingerprint density at radius 1 is 1.17 bits per heavy atom. The van der Waals surface area contributed by atoms with Gasteiger partial charge in [0.2, 0.25) is 10.0 Å². The van der Waals surface area contributed by atoms with Crippen LogP contribution < -0.4 is 10.6 Å². The molecule has 0 aromatic heterocycles. The molecule has 2 fully saturated rings. The van der Waals surface area contributed by atoms with Crippen molar-refractivity contribution >= 4 is 40.0 Å². The molecule has 0 radical (unpaired) electrons. The van der Waals surface area contributed by atoms with Gasteiger partial charge in [0.25, 0.3) is 0 Å². The number of nitrogens with one attached hydrogen (secondary N) is 2. The van der Waals surface area contributed by atoms with Gasteiger partial charge in [0, 0.05) is 32.8 Å². The number of sulfonamides is 1. The monoisotopic (exact) mass is 536 g/mol. The van der Waals surface area contributed by atoms with Gasteiger partial charge in [-0.3, -0.25) is 0 Å². The number of guanidine groups is 1. The second kappa shape index (κ2) is 10.9. The maximum absolute atomic E-state index is 12.6. The van der Waals surface area contributed by atoms with Gasteiger partial charge < -0.3 is 15.4 Å². The molecule has 1 aromatic carbocycles. The molecule has 2 heterocycles. The van der Waals surface area contributed by atoms with Crippen LogP contribution in [0, 0.1) is 0 Å². The smallest absolute Gasteiger partial charge is 0.243 e. The van der Waals surface area contributed by atoms with Crippen molar-refractivity contribution in [3.05, 3.63) is 29.8 Å². The quantitative estimate of drug-likeness (QED) is 0.318. The molecule has 164 valence electrons. The van der Waals surface area contributed by atoms with Crippen LogP contribution in [-0.4, -0.2) is 57.1 Å². The van der Waals surface area contributed by atoms with Crippen molar-refractivity contribution in [3.8, 4) is 0 Å². The van der Waals surface area contributed by atoms with Gasteiger partial charge in [-0.1, -0.05) is 12.1 Å². The van der Waals surface area contributed by atoms with Crippen LogP contribution in [0.15, 0.2) is 34.2 Å². The summed E-state index contributed by atoms with van der Waals surface area (Å²) < 4.78 is 32.6. The Bertz CT molecular complexity index is 771. The number of rotatable bonds is 7. The third-order valence-electron chi connectivity index (χ3n) is 5.32. The normalized spacial score (nSPS) is 23.0. The lowest BCUT2D eigenvalue weighted by molar-refractivity contribution is 0.0243. The first-order valence-electron chi connectivity index (χ1n) is 10.2. The molecule has 9 heteroatoms. The van der Waals surface area contributed by atoms with Crippen LogP contribution in [0.5, 0.6) is 0 Å². The maximum Gasteiger partial charge on any atom is 0.243 e. The average molecular weight is 536 g/mol. The molecule has 2 aliphatic rings. The molecule has 0 aliphatic carbocycles. The molecule has 2 saturated heterocycles. The fourth-order valence-corrected chi connectivity index (χ4v) is 5.12. The number of benzene rings is 1. The summed E-state index contributed by atoms with van der Waals surface area (Å²) in [5, 5.41) is 6.60. The molecule has 2 N–H and O–H groups in total. The fourth-order valence-electron chi connectivity index (χ4n) is 3.60. The van der Waals surface area contributed by atoms with Gasteiger partial charge in [0.15, 0.2) is 5.96 Å². The van der Waals surface area contributed by atoms with E-state index in [-0.39, 0.29) is 29.6 Å². The zero-order chi connectivity index (χ0) is 20.0. The molecule has 1 unspecified atom stereocenters. The van der Waals surface area contributed by atoms with E-state index in [1.165, 1.54) is 0 Å². The Morgan fingerprint density at radius 3 is 2.45 bits per heavy atom. The van der Waals surface area contributed by atoms with E-state index in [1.807, 2.05) is 19.1 Å². The van der Waals surface area contributed by atoms with Gasteiger partial charge >= 0.3 is 0 Å². The predicted octanol–water partition coefficient (Wildman–Crippen LogP) is 2.71. The molecule has 0 amide bonds. The van der Waals surface area contributed by atoms with E-state index in [0.717, 1.165) is 50.4 Å². The second-order valence-corrected chi connectivity index (χ2v) is 9.64. The number of halogens is 1. The van der Waals surface area contributed by atoms with Crippen molar-refractivity contribution in [1.82, 2.24) is 14.9 Å². The highest BCUT2D eigenvalue weighted by molar-refractivity contribution is 14.0. The Hall–Kier alpha value is -0.910. The summed E-state index contributed by atoms with van der Waals surface area (Å²) in [6.07, 6.45) is 4.03. The highest BCUT2D eigenvalue weighted by Gasteiger charge is 2.30. The summed E-state index contributed by atoms with van der Waals surface area (Å²) in [7, 11) is -3.36. The van der Waals surface area contributed by atoms with Gasteiger partial charge in [-0.2, -0.15) is 4.31 Å². The van der Waals surface area contributed by atoms with Crippen LogP contribution in [0.4, 0.5) is 0 Å². The predicted molar refractivity (Wildman–Crippen MR) is 126 cm³/mol. The van der Waals surface area contributed by atoms with Crippen molar-refractivity contribution < 1.29 is 13.2 Å². The molecule has 3 rings (SSSR count). The van der Waals surface area contributed by atoms with E-state index >= 15 is 0 Å². The van der Waals surface area contributed by atoms with Crippen LogP contribution in [0.2, 0.25) is 0 Å². The molecule has 29 heavy (non-hydrogen) atoms. The largest absolute Gasteiger partial charge is 0.373 e. The third kappa shape index (κ3) is 6.53. The highest BCUT2D eigenvalue weighted by atomic mass is 127. The lowest BCUT2D eigenvalue weighted by atomic mass is 10.0. The Kier molecular flexibility index (Phi) is 9.17. The summed E-state index contributed by atoms with van der Waals surface area (Å²) >= 11 is 0. The molecule has 0 spiro atoms. The minimum Gasteiger partial charge on any atom is -0.373 e. The van der Waals surface area contributed by atoms with Crippen LogP contribution >= 0.6 is 24.0 Å². The van der Waals surface area contributed by atoms with Crippen LogP contribution in [0.3, 0.4) is 0 Å². The van der Waals surface area contributed by atoms with Gasteiger partial charge in [-0.05, 0) is 57.2 Å². The summed E-state index contributed by atoms with van der Waals surface area (Å²) in [5.74, 6) is 0.744. The summed E-state index contributed by atoms with van der Waals surface area (Å²) in [6, 6.07) is 7.06. The van der Waals surface area contributed by atoms with Gasteiger partial charge in [0.1, 0.15) is 0 Å². The van der Waals surface area contributed by atoms with E-state index < -0.39 is 10.0 Å². The third-order valence-corrected chi connectivity index (χ3v) is 7.23. The topological polar surface area (TPSA) is 83.0 Å². The lowest BCUT2D eigenvalue weighted by Crippen LogP contribution is -2.45. The molecular formula is C20H33IN4O3S. The Balaban J connectivity index is 0.00000300. The van der Waals surface area contributed by atoms with Crippen molar-refractivity contribution in [2.45, 2.75) is 56.6 Å². The van der Waals surface area contributed by atoms with Gasteiger partial charge in [-0.25, -0.2) is 13.4 Å². The Labute approximate surface area is 191 Å². The molecule has 1 aromatic rings. The second-order valence-electron chi connectivity index (χ2n) is 7.71. The molecule has 0 bridgehead atoms. The van der Waals surface area contributed by atoms with E-state index in [9.17, 15) is 8.42 Å². The standard InChI is InChI=1S/C20H32N4O3S.HI/c1-3-21-19(23-16-20(2)11-6-14-27-20)22-15-17-7-9-18(10-8-17)28(25,26)24-12-4-5-13-24;/h7-10H,3-6,11-16H2,1-2H3,(H2,21,22,23);1H. The Morgan fingerprint density at radius 2 is 1.86 bits per heavy atom. The number of ether oxygens (including phenoxy) is 1. The summed E-state index contributed by atoms with van der Waals surface area (Å²) in [4.78, 5) is 4.98. The van der Waals surface area contributed by atoms with Crippen molar-refractivity contribution in [2.24, 2.45) is 4.99 Å². The first-order chi connectivity index (χ1) is 13.4. The minimum absolute atomic E-state index is 0. The number of hydrogen-bond acceptors (Lipinski definition) is 4. The first-order valence-corrected chi connectivity index (χ1v) is 11.6. The highest BCUT2D eigenvalue weighted by Crippen LogP contribution is 2.24. The van der Waals surface area contributed by atoms with Gasteiger partial charge in [-0.15, -0.1) is 24.0 Å². The lowest BCUT2D eigenvalue weighted by Gasteiger charge is -2.24. The SMILES string of the molecule is CCNC(=NCc1ccc(S(=O)(=O)N2CCCC2)cc1)NCC1(C)CCCO1.I. The first kappa shape index (κ1) is 24.4. The molecule has 7 nitrogen and oxygen atoms in total. The fraction of sp³-hybridized carbons (Fsp3) is 0.650.